The minimum absolute atomic E-state index is 0. The Kier molecular flexibility index (Phi) is 7.34. The van der Waals surface area contributed by atoms with Crippen molar-refractivity contribution < 1.29 is 4.74 Å². The number of anilines is 1. The highest BCUT2D eigenvalue weighted by Crippen LogP contribution is 2.47. The van der Waals surface area contributed by atoms with Crippen LogP contribution in [0.4, 0.5) is 5.69 Å². The van der Waals surface area contributed by atoms with Gasteiger partial charge < -0.3 is 19.9 Å². The highest BCUT2D eigenvalue weighted by atomic mass is 127. The zero-order valence-electron chi connectivity index (χ0n) is 17.3. The Bertz CT molecular complexity index is 676. The van der Waals surface area contributed by atoms with Crippen molar-refractivity contribution in [3.8, 4) is 5.75 Å². The van der Waals surface area contributed by atoms with Crippen molar-refractivity contribution >= 4 is 35.6 Å². The van der Waals surface area contributed by atoms with Crippen molar-refractivity contribution in [1.29, 1.82) is 0 Å². The quantitative estimate of drug-likeness (QED) is 0.379. The van der Waals surface area contributed by atoms with Crippen molar-refractivity contribution in [2.45, 2.75) is 39.0 Å². The molecule has 156 valence electrons. The molecular formula is C22H35IN4O. The van der Waals surface area contributed by atoms with E-state index in [0.717, 1.165) is 37.9 Å². The normalized spacial score (nSPS) is 23.5. The van der Waals surface area contributed by atoms with Gasteiger partial charge in [0.1, 0.15) is 5.75 Å². The number of benzene rings is 1. The van der Waals surface area contributed by atoms with Gasteiger partial charge in [-0.1, -0.05) is 12.5 Å². The number of methoxy groups -OCH3 is 1. The van der Waals surface area contributed by atoms with Gasteiger partial charge in [-0.25, -0.2) is 0 Å². The number of hydrogen-bond acceptors (Lipinski definition) is 3. The van der Waals surface area contributed by atoms with Crippen LogP contribution in [0.2, 0.25) is 0 Å². The summed E-state index contributed by atoms with van der Waals surface area (Å²) >= 11 is 0. The minimum Gasteiger partial charge on any atom is -0.497 e. The molecule has 28 heavy (non-hydrogen) atoms. The van der Waals surface area contributed by atoms with Gasteiger partial charge in [0.2, 0.25) is 0 Å². The maximum atomic E-state index is 5.37. The molecule has 1 unspecified atom stereocenters. The average Bonchev–Trinajstić information content (AvgIpc) is 3.32. The van der Waals surface area contributed by atoms with E-state index >= 15 is 0 Å². The fourth-order valence-corrected chi connectivity index (χ4v) is 4.87. The van der Waals surface area contributed by atoms with Gasteiger partial charge in [-0.2, -0.15) is 0 Å². The molecule has 2 aliphatic heterocycles. The molecule has 3 fully saturated rings. The summed E-state index contributed by atoms with van der Waals surface area (Å²) in [4.78, 5) is 10.0. The summed E-state index contributed by atoms with van der Waals surface area (Å²) in [7, 11) is 1.73. The predicted octanol–water partition coefficient (Wildman–Crippen LogP) is 3.98. The van der Waals surface area contributed by atoms with E-state index in [2.05, 4.69) is 40.2 Å². The lowest BCUT2D eigenvalue weighted by Crippen LogP contribution is -2.42. The second-order valence-corrected chi connectivity index (χ2v) is 8.52. The number of likely N-dealkylation sites (tertiary alicyclic amines) is 1. The molecule has 1 aliphatic carbocycles. The number of rotatable bonds is 5. The van der Waals surface area contributed by atoms with Crippen molar-refractivity contribution in [1.82, 2.24) is 10.2 Å². The summed E-state index contributed by atoms with van der Waals surface area (Å²) in [6.45, 7) is 8.61. The smallest absolute Gasteiger partial charge is 0.193 e. The molecule has 1 N–H and O–H groups in total. The van der Waals surface area contributed by atoms with Gasteiger partial charge >= 0.3 is 0 Å². The van der Waals surface area contributed by atoms with Crippen molar-refractivity contribution in [3.05, 3.63) is 24.3 Å². The summed E-state index contributed by atoms with van der Waals surface area (Å²) in [6, 6.07) is 8.40. The molecule has 3 aliphatic rings. The third kappa shape index (κ3) is 4.69. The van der Waals surface area contributed by atoms with Crippen LogP contribution in [0.15, 0.2) is 29.3 Å². The van der Waals surface area contributed by atoms with E-state index in [9.17, 15) is 0 Å². The van der Waals surface area contributed by atoms with Crippen molar-refractivity contribution in [3.63, 3.8) is 0 Å². The van der Waals surface area contributed by atoms with Gasteiger partial charge in [-0.3, -0.25) is 4.99 Å². The van der Waals surface area contributed by atoms with Crippen molar-refractivity contribution in [2.24, 2.45) is 16.3 Å². The minimum atomic E-state index is 0. The van der Waals surface area contributed by atoms with Crippen LogP contribution < -0.4 is 15.0 Å². The third-order valence-corrected chi connectivity index (χ3v) is 6.69. The van der Waals surface area contributed by atoms with Crippen LogP contribution in [-0.4, -0.2) is 57.2 Å². The molecule has 1 aromatic carbocycles. The van der Waals surface area contributed by atoms with Crippen LogP contribution in [0.25, 0.3) is 0 Å². The summed E-state index contributed by atoms with van der Waals surface area (Å²) in [6.07, 6.45) is 6.82. The first-order valence-electron chi connectivity index (χ1n) is 10.6. The largest absolute Gasteiger partial charge is 0.497 e. The highest BCUT2D eigenvalue weighted by Gasteiger charge is 2.43. The number of guanidine groups is 1. The predicted molar refractivity (Wildman–Crippen MR) is 127 cm³/mol. The van der Waals surface area contributed by atoms with Crippen molar-refractivity contribution in [2.75, 3.05) is 51.3 Å². The number of nitrogens with one attached hydrogen (secondary N) is 1. The number of aliphatic imine (C=N–C) groups is 1. The first kappa shape index (κ1) is 21.5. The van der Waals surface area contributed by atoms with E-state index in [1.807, 2.05) is 6.07 Å². The Labute approximate surface area is 186 Å². The maximum Gasteiger partial charge on any atom is 0.193 e. The molecule has 5 nitrogen and oxygen atoms in total. The van der Waals surface area contributed by atoms with Gasteiger partial charge in [0, 0.05) is 51.0 Å². The van der Waals surface area contributed by atoms with Crippen LogP contribution in [0, 0.1) is 11.3 Å². The third-order valence-electron chi connectivity index (χ3n) is 6.69. The fraction of sp³-hybridized carbons (Fsp3) is 0.682. The maximum absolute atomic E-state index is 5.37. The lowest BCUT2D eigenvalue weighted by molar-refractivity contribution is 0.151. The lowest BCUT2D eigenvalue weighted by Gasteiger charge is -2.38. The topological polar surface area (TPSA) is 40.1 Å². The Hall–Kier alpha value is -1.18. The number of hydrogen-bond donors (Lipinski definition) is 1. The summed E-state index contributed by atoms with van der Waals surface area (Å²) in [5, 5.41) is 3.54. The Balaban J connectivity index is 0.00000225. The van der Waals surface area contributed by atoms with E-state index in [-0.39, 0.29) is 24.0 Å². The van der Waals surface area contributed by atoms with Crippen LogP contribution in [0.3, 0.4) is 0 Å². The standard InChI is InChI=1S/C22H34N4O.HI/c1-3-23-21(26-13-11-22(17-26)9-5-10-22)24-15-18-8-12-25(16-18)19-6-4-7-20(14-19)27-2;/h4,6-7,14,18H,3,5,8-13,15-17H2,1-2H3,(H,23,24);1H. The molecule has 1 spiro atoms. The zero-order valence-corrected chi connectivity index (χ0v) is 19.7. The van der Waals surface area contributed by atoms with E-state index < -0.39 is 0 Å². The van der Waals surface area contributed by atoms with Crippen LogP contribution in [0.1, 0.15) is 39.0 Å². The fourth-order valence-electron chi connectivity index (χ4n) is 4.87. The molecule has 0 aromatic heterocycles. The van der Waals surface area contributed by atoms with Crippen LogP contribution in [-0.2, 0) is 0 Å². The van der Waals surface area contributed by atoms with Gasteiger partial charge in [0.15, 0.2) is 5.96 Å². The summed E-state index contributed by atoms with van der Waals surface area (Å²) in [5.41, 5.74) is 1.88. The molecule has 2 heterocycles. The van der Waals surface area contributed by atoms with E-state index in [4.69, 9.17) is 9.73 Å². The Morgan fingerprint density at radius 2 is 2.14 bits per heavy atom. The first-order chi connectivity index (χ1) is 13.2. The lowest BCUT2D eigenvalue weighted by atomic mass is 9.68. The second kappa shape index (κ2) is 9.55. The first-order valence-corrected chi connectivity index (χ1v) is 10.6. The second-order valence-electron chi connectivity index (χ2n) is 8.52. The number of ether oxygens (including phenoxy) is 1. The molecule has 0 amide bonds. The summed E-state index contributed by atoms with van der Waals surface area (Å²) in [5.74, 6) is 2.70. The molecule has 0 radical (unpaired) electrons. The monoisotopic (exact) mass is 498 g/mol. The van der Waals surface area contributed by atoms with Gasteiger partial charge in [-0.05, 0) is 56.1 Å². The Morgan fingerprint density at radius 1 is 1.29 bits per heavy atom. The Morgan fingerprint density at radius 3 is 2.82 bits per heavy atom. The van der Waals surface area contributed by atoms with Crippen LogP contribution in [0.5, 0.6) is 5.75 Å². The zero-order chi connectivity index (χ0) is 18.7. The molecule has 2 saturated heterocycles. The SMILES string of the molecule is CCNC(=NCC1CCN(c2cccc(OC)c2)C1)N1CCC2(CCC2)C1.I. The molecule has 1 aromatic rings. The number of halogens is 1. The molecular weight excluding hydrogens is 463 g/mol. The van der Waals surface area contributed by atoms with Crippen LogP contribution >= 0.6 is 24.0 Å². The summed E-state index contributed by atoms with van der Waals surface area (Å²) < 4.78 is 5.37. The van der Waals surface area contributed by atoms with E-state index in [1.165, 1.54) is 50.9 Å². The van der Waals surface area contributed by atoms with Gasteiger partial charge in [0.25, 0.3) is 0 Å². The number of nitrogens with zero attached hydrogens (tertiary/aromatic N) is 3. The average molecular weight is 498 g/mol. The highest BCUT2D eigenvalue weighted by molar-refractivity contribution is 14.0. The van der Waals surface area contributed by atoms with Gasteiger partial charge in [0.05, 0.1) is 7.11 Å². The molecule has 4 rings (SSSR count). The molecule has 1 atom stereocenters. The molecule has 1 saturated carbocycles. The molecule has 0 bridgehead atoms. The van der Waals surface area contributed by atoms with E-state index in [0.29, 0.717) is 11.3 Å². The van der Waals surface area contributed by atoms with E-state index in [1.54, 1.807) is 7.11 Å². The van der Waals surface area contributed by atoms with Gasteiger partial charge in [-0.15, -0.1) is 24.0 Å². The molecule has 6 heteroatoms.